The van der Waals surface area contributed by atoms with E-state index in [9.17, 15) is 14.4 Å². The molecule has 1 aliphatic heterocycles. The van der Waals surface area contributed by atoms with Crippen molar-refractivity contribution in [1.82, 2.24) is 19.3 Å². The summed E-state index contributed by atoms with van der Waals surface area (Å²) in [5, 5.41) is 7.04. The molecule has 9 heteroatoms. The van der Waals surface area contributed by atoms with Gasteiger partial charge in [-0.05, 0) is 18.8 Å². The third kappa shape index (κ3) is 4.90. The van der Waals surface area contributed by atoms with Crippen LogP contribution in [0.5, 0.6) is 0 Å². The maximum atomic E-state index is 12.0. The van der Waals surface area contributed by atoms with Gasteiger partial charge in [0.25, 0.3) is 5.56 Å². The van der Waals surface area contributed by atoms with Crippen LogP contribution < -0.4 is 16.6 Å². The normalized spacial score (nSPS) is 15.2. The molecule has 9 nitrogen and oxygen atoms in total. The summed E-state index contributed by atoms with van der Waals surface area (Å²) in [6.07, 6.45) is 6.96. The molecule has 2 aromatic rings. The maximum Gasteiger partial charge on any atom is 0.328 e. The molecule has 1 saturated heterocycles. The largest absolute Gasteiger partial charge is 0.381 e. The van der Waals surface area contributed by atoms with Gasteiger partial charge in [-0.15, -0.1) is 0 Å². The summed E-state index contributed by atoms with van der Waals surface area (Å²) in [7, 11) is 0. The van der Waals surface area contributed by atoms with Crippen molar-refractivity contribution in [3.63, 3.8) is 0 Å². The molecule has 134 valence electrons. The van der Waals surface area contributed by atoms with Gasteiger partial charge in [0, 0.05) is 51.2 Å². The number of nitrogens with zero attached hydrogens (tertiary/aromatic N) is 3. The Bertz CT molecular complexity index is 831. The van der Waals surface area contributed by atoms with E-state index in [1.54, 1.807) is 12.4 Å². The van der Waals surface area contributed by atoms with E-state index in [0.717, 1.165) is 32.6 Å². The summed E-state index contributed by atoms with van der Waals surface area (Å²) >= 11 is 0. The van der Waals surface area contributed by atoms with Gasteiger partial charge in [-0.3, -0.25) is 19.3 Å². The lowest BCUT2D eigenvalue weighted by Crippen LogP contribution is -2.29. The van der Waals surface area contributed by atoms with Crippen LogP contribution in [0.2, 0.25) is 0 Å². The van der Waals surface area contributed by atoms with Crippen molar-refractivity contribution in [1.29, 1.82) is 0 Å². The first-order chi connectivity index (χ1) is 12.1. The lowest BCUT2D eigenvalue weighted by Gasteiger charge is -2.21. The molecule has 0 atom stereocenters. The van der Waals surface area contributed by atoms with E-state index >= 15 is 0 Å². The number of ether oxygens (including phenoxy) is 1. The molecule has 0 aromatic carbocycles. The first-order valence-electron chi connectivity index (χ1n) is 8.30. The zero-order valence-electron chi connectivity index (χ0n) is 13.8. The fourth-order valence-corrected chi connectivity index (χ4v) is 2.79. The average Bonchev–Trinajstić information content (AvgIpc) is 3.02. The van der Waals surface area contributed by atoms with Gasteiger partial charge < -0.3 is 14.6 Å². The molecule has 0 aliphatic carbocycles. The van der Waals surface area contributed by atoms with Gasteiger partial charge >= 0.3 is 5.69 Å². The molecule has 0 unspecified atom stereocenters. The minimum Gasteiger partial charge on any atom is -0.381 e. The highest BCUT2D eigenvalue weighted by molar-refractivity contribution is 5.90. The van der Waals surface area contributed by atoms with Gasteiger partial charge in [0.1, 0.15) is 0 Å². The number of anilines is 1. The number of rotatable bonds is 6. The van der Waals surface area contributed by atoms with Gasteiger partial charge in [-0.25, -0.2) is 4.79 Å². The first kappa shape index (κ1) is 17.2. The van der Waals surface area contributed by atoms with Crippen molar-refractivity contribution in [2.75, 3.05) is 18.5 Å². The summed E-state index contributed by atoms with van der Waals surface area (Å²) in [5.41, 5.74) is -0.349. The number of aryl methyl sites for hydroxylation is 1. The van der Waals surface area contributed by atoms with E-state index in [1.807, 2.05) is 4.68 Å². The second-order valence-electron chi connectivity index (χ2n) is 6.11. The summed E-state index contributed by atoms with van der Waals surface area (Å²) in [4.78, 5) is 36.7. The van der Waals surface area contributed by atoms with E-state index in [2.05, 4.69) is 15.4 Å². The van der Waals surface area contributed by atoms with Crippen LogP contribution in [0.3, 0.4) is 0 Å². The zero-order chi connectivity index (χ0) is 17.6. The lowest BCUT2D eigenvalue weighted by molar-refractivity contribution is -0.116. The van der Waals surface area contributed by atoms with Crippen molar-refractivity contribution in [2.24, 2.45) is 5.92 Å². The molecule has 3 rings (SSSR count). The Morgan fingerprint density at radius 2 is 2.16 bits per heavy atom. The molecular weight excluding hydrogens is 326 g/mol. The summed E-state index contributed by atoms with van der Waals surface area (Å²) in [6, 6.07) is 1.25. The van der Waals surface area contributed by atoms with Crippen LogP contribution in [-0.2, 0) is 22.6 Å². The van der Waals surface area contributed by atoms with Crippen LogP contribution in [0.25, 0.3) is 0 Å². The molecular formula is C16H21N5O4. The highest BCUT2D eigenvalue weighted by Gasteiger charge is 2.15. The predicted octanol–water partition coefficient (Wildman–Crippen LogP) is 0.189. The molecule has 0 radical (unpaired) electrons. The fraction of sp³-hybridized carbons (Fsp3) is 0.500. The van der Waals surface area contributed by atoms with E-state index in [-0.39, 0.29) is 18.9 Å². The minimum atomic E-state index is -0.524. The Morgan fingerprint density at radius 3 is 2.92 bits per heavy atom. The molecule has 2 N–H and O–H groups in total. The van der Waals surface area contributed by atoms with Gasteiger partial charge in [-0.2, -0.15) is 5.10 Å². The van der Waals surface area contributed by atoms with E-state index in [1.165, 1.54) is 16.8 Å². The number of nitrogens with one attached hydrogen (secondary N) is 2. The maximum absolute atomic E-state index is 12.0. The van der Waals surface area contributed by atoms with Gasteiger partial charge in [0.15, 0.2) is 0 Å². The van der Waals surface area contributed by atoms with Gasteiger partial charge in [-0.1, -0.05) is 0 Å². The van der Waals surface area contributed by atoms with E-state index < -0.39 is 11.2 Å². The van der Waals surface area contributed by atoms with Crippen LogP contribution in [0.15, 0.2) is 34.2 Å². The second-order valence-corrected chi connectivity index (χ2v) is 6.11. The third-order valence-corrected chi connectivity index (χ3v) is 4.18. The smallest absolute Gasteiger partial charge is 0.328 e. The molecule has 0 bridgehead atoms. The van der Waals surface area contributed by atoms with Crippen LogP contribution in [0.4, 0.5) is 5.69 Å². The number of hydrogen-bond acceptors (Lipinski definition) is 5. The lowest BCUT2D eigenvalue weighted by atomic mass is 10.0. The van der Waals surface area contributed by atoms with Crippen molar-refractivity contribution in [3.8, 4) is 0 Å². The molecule has 1 amide bonds. The van der Waals surface area contributed by atoms with Crippen molar-refractivity contribution >= 4 is 11.6 Å². The third-order valence-electron chi connectivity index (χ3n) is 4.18. The number of carbonyl (C=O) groups excluding carboxylic acids is 1. The number of amides is 1. The van der Waals surface area contributed by atoms with Crippen LogP contribution >= 0.6 is 0 Å². The van der Waals surface area contributed by atoms with Crippen molar-refractivity contribution in [2.45, 2.75) is 32.4 Å². The first-order valence-corrected chi connectivity index (χ1v) is 8.30. The predicted molar refractivity (Wildman–Crippen MR) is 90.3 cm³/mol. The molecule has 2 aromatic heterocycles. The highest BCUT2D eigenvalue weighted by Crippen LogP contribution is 2.17. The summed E-state index contributed by atoms with van der Waals surface area (Å²) < 4.78 is 8.46. The van der Waals surface area contributed by atoms with Crippen LogP contribution in [0.1, 0.15) is 19.3 Å². The Labute approximate surface area is 143 Å². The molecule has 0 saturated carbocycles. The second kappa shape index (κ2) is 7.93. The zero-order valence-corrected chi connectivity index (χ0v) is 13.8. The number of aromatic amines is 1. The van der Waals surface area contributed by atoms with Crippen LogP contribution in [-0.4, -0.2) is 38.5 Å². The molecule has 1 aliphatic rings. The Morgan fingerprint density at radius 1 is 1.36 bits per heavy atom. The summed E-state index contributed by atoms with van der Waals surface area (Å²) in [5.74, 6) is 0.327. The fourth-order valence-electron chi connectivity index (χ4n) is 2.79. The topological polar surface area (TPSA) is 111 Å². The molecule has 1 fully saturated rings. The summed E-state index contributed by atoms with van der Waals surface area (Å²) in [6.45, 7) is 2.59. The standard InChI is InChI=1S/C16H21N5O4/c22-14(1-5-20-6-2-15(23)19-16(20)24)18-13-9-17-21(11-13)10-12-3-7-25-8-4-12/h2,6,9,11-12H,1,3-5,7-8,10H2,(H,18,22)(H,19,23,24). The van der Waals surface area contributed by atoms with Crippen molar-refractivity contribution in [3.05, 3.63) is 45.5 Å². The van der Waals surface area contributed by atoms with Gasteiger partial charge in [0.05, 0.1) is 11.9 Å². The SMILES string of the molecule is O=C(CCn1ccc(=O)[nH]c1=O)Nc1cnn(CC2CCOCC2)c1. The quantitative estimate of drug-likeness (QED) is 0.775. The minimum absolute atomic E-state index is 0.122. The number of aromatic nitrogens is 4. The monoisotopic (exact) mass is 347 g/mol. The van der Waals surface area contributed by atoms with Gasteiger partial charge in [0.2, 0.25) is 5.91 Å². The Kier molecular flexibility index (Phi) is 5.44. The Hall–Kier alpha value is -2.68. The molecule has 0 spiro atoms. The Balaban J connectivity index is 1.49. The number of carbonyl (C=O) groups is 1. The molecule has 3 heterocycles. The average molecular weight is 347 g/mol. The molecule has 25 heavy (non-hydrogen) atoms. The van der Waals surface area contributed by atoms with E-state index in [4.69, 9.17) is 4.74 Å². The van der Waals surface area contributed by atoms with E-state index in [0.29, 0.717) is 11.6 Å². The highest BCUT2D eigenvalue weighted by atomic mass is 16.5. The number of hydrogen-bond donors (Lipinski definition) is 2. The van der Waals surface area contributed by atoms with Crippen molar-refractivity contribution < 1.29 is 9.53 Å². The number of H-pyrrole nitrogens is 1. The van der Waals surface area contributed by atoms with Crippen LogP contribution in [0, 0.1) is 5.92 Å².